The van der Waals surface area contributed by atoms with Crippen molar-refractivity contribution in [3.8, 4) is 0 Å². The Balaban J connectivity index is 2.26. The van der Waals surface area contributed by atoms with Gasteiger partial charge in [0.1, 0.15) is 0 Å². The van der Waals surface area contributed by atoms with Crippen molar-refractivity contribution in [3.63, 3.8) is 0 Å². The Morgan fingerprint density at radius 2 is 2.15 bits per heavy atom. The summed E-state index contributed by atoms with van der Waals surface area (Å²) < 4.78 is 5.39. The standard InChI is InChI=1S/C10H19NO2/c1-3-9(4-2)11-13-10-7-5-6-8-12-10/h10H,3-8H2,1-2H3. The van der Waals surface area contributed by atoms with Crippen LogP contribution in [0, 0.1) is 0 Å². The van der Waals surface area contributed by atoms with Gasteiger partial charge in [-0.1, -0.05) is 19.0 Å². The normalized spacial score (nSPS) is 22.5. The lowest BCUT2D eigenvalue weighted by molar-refractivity contribution is -0.162. The first kappa shape index (κ1) is 10.5. The van der Waals surface area contributed by atoms with Crippen molar-refractivity contribution in [2.24, 2.45) is 5.16 Å². The molecule has 76 valence electrons. The number of nitrogens with zero attached hydrogens (tertiary/aromatic N) is 1. The van der Waals surface area contributed by atoms with Crippen LogP contribution in [0.15, 0.2) is 5.16 Å². The van der Waals surface area contributed by atoms with Gasteiger partial charge in [0.25, 0.3) is 0 Å². The van der Waals surface area contributed by atoms with Crippen LogP contribution in [-0.4, -0.2) is 18.6 Å². The van der Waals surface area contributed by atoms with E-state index >= 15 is 0 Å². The van der Waals surface area contributed by atoms with Gasteiger partial charge in [0.05, 0.1) is 12.3 Å². The van der Waals surface area contributed by atoms with Crippen molar-refractivity contribution in [2.45, 2.75) is 52.2 Å². The van der Waals surface area contributed by atoms with E-state index in [1.165, 1.54) is 6.42 Å². The van der Waals surface area contributed by atoms with Gasteiger partial charge in [-0.15, -0.1) is 0 Å². The summed E-state index contributed by atoms with van der Waals surface area (Å²) in [5, 5.41) is 4.08. The number of rotatable bonds is 4. The zero-order valence-corrected chi connectivity index (χ0v) is 8.58. The highest BCUT2D eigenvalue weighted by Gasteiger charge is 2.14. The van der Waals surface area contributed by atoms with Crippen LogP contribution in [0.1, 0.15) is 46.0 Å². The molecular formula is C10H19NO2. The lowest BCUT2D eigenvalue weighted by Gasteiger charge is -2.20. The van der Waals surface area contributed by atoms with Crippen LogP contribution >= 0.6 is 0 Å². The van der Waals surface area contributed by atoms with Gasteiger partial charge in [-0.25, -0.2) is 0 Å². The molecule has 0 aromatic carbocycles. The molecule has 1 aliphatic heterocycles. The predicted octanol–water partition coefficient (Wildman–Crippen LogP) is 2.71. The fourth-order valence-corrected chi connectivity index (χ4v) is 1.31. The van der Waals surface area contributed by atoms with Crippen molar-refractivity contribution < 1.29 is 9.57 Å². The maximum Gasteiger partial charge on any atom is 0.226 e. The van der Waals surface area contributed by atoms with Crippen molar-refractivity contribution in [1.82, 2.24) is 0 Å². The first-order chi connectivity index (χ1) is 6.36. The molecule has 1 unspecified atom stereocenters. The van der Waals surface area contributed by atoms with Gasteiger partial charge in [-0.3, -0.25) is 0 Å². The highest BCUT2D eigenvalue weighted by Crippen LogP contribution is 2.14. The molecule has 1 heterocycles. The molecule has 0 bridgehead atoms. The second-order valence-corrected chi connectivity index (χ2v) is 3.27. The van der Waals surface area contributed by atoms with E-state index in [2.05, 4.69) is 19.0 Å². The average molecular weight is 185 g/mol. The summed E-state index contributed by atoms with van der Waals surface area (Å²) in [6.45, 7) is 4.99. The Hall–Kier alpha value is -0.570. The van der Waals surface area contributed by atoms with Crippen molar-refractivity contribution in [2.75, 3.05) is 6.61 Å². The molecule has 1 aliphatic rings. The fraction of sp³-hybridized carbons (Fsp3) is 0.900. The van der Waals surface area contributed by atoms with E-state index in [4.69, 9.17) is 9.57 Å². The molecule has 1 saturated heterocycles. The first-order valence-corrected chi connectivity index (χ1v) is 5.20. The molecule has 1 rings (SSSR count). The van der Waals surface area contributed by atoms with Gasteiger partial charge >= 0.3 is 0 Å². The van der Waals surface area contributed by atoms with Gasteiger partial charge in [0, 0.05) is 6.42 Å². The zero-order chi connectivity index (χ0) is 9.52. The third kappa shape index (κ3) is 3.77. The SMILES string of the molecule is CCC(CC)=NOC1CCCCO1. The van der Waals surface area contributed by atoms with E-state index in [0.717, 1.165) is 38.0 Å². The minimum Gasteiger partial charge on any atom is -0.364 e. The molecule has 3 heteroatoms. The van der Waals surface area contributed by atoms with Gasteiger partial charge < -0.3 is 9.57 Å². The number of oxime groups is 1. The smallest absolute Gasteiger partial charge is 0.226 e. The molecule has 0 aromatic heterocycles. The van der Waals surface area contributed by atoms with Gasteiger partial charge in [-0.05, 0) is 25.7 Å². The Morgan fingerprint density at radius 3 is 2.69 bits per heavy atom. The summed E-state index contributed by atoms with van der Waals surface area (Å²) in [6, 6.07) is 0. The Bertz CT molecular complexity index is 156. The van der Waals surface area contributed by atoms with E-state index < -0.39 is 0 Å². The topological polar surface area (TPSA) is 30.8 Å². The van der Waals surface area contributed by atoms with Crippen molar-refractivity contribution in [1.29, 1.82) is 0 Å². The first-order valence-electron chi connectivity index (χ1n) is 5.20. The molecule has 1 atom stereocenters. The van der Waals surface area contributed by atoms with Crippen LogP contribution in [0.3, 0.4) is 0 Å². The predicted molar refractivity (Wildman–Crippen MR) is 52.7 cm³/mol. The summed E-state index contributed by atoms with van der Waals surface area (Å²) in [7, 11) is 0. The summed E-state index contributed by atoms with van der Waals surface area (Å²) >= 11 is 0. The van der Waals surface area contributed by atoms with Crippen LogP contribution in [0.4, 0.5) is 0 Å². The quantitative estimate of drug-likeness (QED) is 0.498. The largest absolute Gasteiger partial charge is 0.364 e. The van der Waals surface area contributed by atoms with Crippen LogP contribution < -0.4 is 0 Å². The maximum absolute atomic E-state index is 5.39. The van der Waals surface area contributed by atoms with Gasteiger partial charge in [0.2, 0.25) is 6.29 Å². The molecule has 13 heavy (non-hydrogen) atoms. The van der Waals surface area contributed by atoms with E-state index in [1.807, 2.05) is 0 Å². The summed E-state index contributed by atoms with van der Waals surface area (Å²) in [4.78, 5) is 5.29. The fourth-order valence-electron chi connectivity index (χ4n) is 1.31. The molecule has 0 amide bonds. The zero-order valence-electron chi connectivity index (χ0n) is 8.58. The number of ether oxygens (including phenoxy) is 1. The lowest BCUT2D eigenvalue weighted by atomic mass is 10.2. The second-order valence-electron chi connectivity index (χ2n) is 3.27. The second kappa shape index (κ2) is 5.97. The molecule has 0 aromatic rings. The third-order valence-electron chi connectivity index (χ3n) is 2.25. The monoisotopic (exact) mass is 185 g/mol. The molecule has 0 spiro atoms. The summed E-state index contributed by atoms with van der Waals surface area (Å²) in [5.41, 5.74) is 1.11. The highest BCUT2D eigenvalue weighted by atomic mass is 16.8. The molecule has 3 nitrogen and oxygen atoms in total. The van der Waals surface area contributed by atoms with Gasteiger partial charge in [0.15, 0.2) is 0 Å². The summed E-state index contributed by atoms with van der Waals surface area (Å²) in [5.74, 6) is 0. The molecule has 0 N–H and O–H groups in total. The van der Waals surface area contributed by atoms with Crippen LogP contribution in [0.5, 0.6) is 0 Å². The average Bonchev–Trinajstić information content (AvgIpc) is 2.21. The van der Waals surface area contributed by atoms with E-state index in [0.29, 0.717) is 0 Å². The third-order valence-corrected chi connectivity index (χ3v) is 2.25. The Morgan fingerprint density at radius 1 is 1.38 bits per heavy atom. The maximum atomic E-state index is 5.39. The van der Waals surface area contributed by atoms with Gasteiger partial charge in [-0.2, -0.15) is 0 Å². The van der Waals surface area contributed by atoms with Crippen LogP contribution in [0.25, 0.3) is 0 Å². The summed E-state index contributed by atoms with van der Waals surface area (Å²) in [6.07, 6.45) is 5.14. The Labute approximate surface area is 80.1 Å². The highest BCUT2D eigenvalue weighted by molar-refractivity contribution is 5.83. The Kier molecular flexibility index (Phi) is 4.83. The minimum absolute atomic E-state index is 0.0955. The van der Waals surface area contributed by atoms with E-state index in [-0.39, 0.29) is 6.29 Å². The molecular weight excluding hydrogens is 166 g/mol. The van der Waals surface area contributed by atoms with E-state index in [9.17, 15) is 0 Å². The van der Waals surface area contributed by atoms with Crippen LogP contribution in [-0.2, 0) is 9.57 Å². The van der Waals surface area contributed by atoms with Crippen molar-refractivity contribution >= 4 is 5.71 Å². The number of hydrogen-bond donors (Lipinski definition) is 0. The number of hydrogen-bond acceptors (Lipinski definition) is 3. The minimum atomic E-state index is -0.0955. The molecule has 0 saturated carbocycles. The lowest BCUT2D eigenvalue weighted by Crippen LogP contribution is -2.20. The van der Waals surface area contributed by atoms with Crippen molar-refractivity contribution in [3.05, 3.63) is 0 Å². The molecule has 0 aliphatic carbocycles. The van der Waals surface area contributed by atoms with Crippen LogP contribution in [0.2, 0.25) is 0 Å². The molecule has 0 radical (unpaired) electrons. The van der Waals surface area contributed by atoms with E-state index in [1.54, 1.807) is 0 Å². The molecule has 1 fully saturated rings.